The molecule has 17 fully saturated rings. The van der Waals surface area contributed by atoms with E-state index < -0.39 is 75.6 Å². The first-order valence-corrected chi connectivity index (χ1v) is 47.1. The molecule has 31 nitrogen and oxygen atoms in total. The number of carbonyl (C=O) groups is 15. The normalized spacial score (nSPS) is 36.5. The number of hydrogen-bond donors (Lipinski definition) is 0. The van der Waals surface area contributed by atoms with Crippen molar-refractivity contribution < 1.29 is 148 Å². The second-order valence-electron chi connectivity index (χ2n) is 42.5. The molecule has 0 aromatic rings. The molecule has 10 bridgehead atoms. The Balaban J connectivity index is 0.000000144. The number of cyclic esters (lactones) is 3. The summed E-state index contributed by atoms with van der Waals surface area (Å²) < 4.78 is 85.2. The van der Waals surface area contributed by atoms with Gasteiger partial charge in [-0.05, 0) is 174 Å². The van der Waals surface area contributed by atoms with Gasteiger partial charge in [0.25, 0.3) is 0 Å². The highest BCUT2D eigenvalue weighted by molar-refractivity contribution is 5.85. The molecule has 17 rings (SSSR count). The van der Waals surface area contributed by atoms with E-state index in [1.807, 2.05) is 138 Å². The molecule has 712 valence electrons. The highest BCUT2D eigenvalue weighted by Gasteiger charge is 2.69. The molecule has 9 heterocycles. The van der Waals surface area contributed by atoms with E-state index in [0.29, 0.717) is 100 Å². The lowest BCUT2D eigenvalue weighted by molar-refractivity contribution is -0.172. The molecule has 0 amide bonds. The van der Waals surface area contributed by atoms with Crippen LogP contribution in [0.1, 0.15) is 268 Å². The van der Waals surface area contributed by atoms with Gasteiger partial charge in [0, 0.05) is 51.8 Å². The molecule has 8 aliphatic carbocycles. The van der Waals surface area contributed by atoms with Crippen molar-refractivity contribution in [3.63, 3.8) is 0 Å². The Bertz CT molecular complexity index is 4090. The van der Waals surface area contributed by atoms with Crippen LogP contribution < -0.4 is 0 Å². The summed E-state index contributed by atoms with van der Waals surface area (Å²) in [5, 5.41) is 0. The van der Waals surface area contributed by atoms with Crippen LogP contribution in [0, 0.1) is 140 Å². The van der Waals surface area contributed by atoms with Gasteiger partial charge in [0.1, 0.15) is 55.4 Å². The van der Waals surface area contributed by atoms with Gasteiger partial charge in [0.15, 0.2) is 18.8 Å². The Morgan fingerprint density at radius 3 is 1.46 bits per heavy atom. The second-order valence-corrected chi connectivity index (χ2v) is 42.5. The van der Waals surface area contributed by atoms with Gasteiger partial charge in [0.2, 0.25) is 12.2 Å². The first-order chi connectivity index (χ1) is 59.5. The summed E-state index contributed by atoms with van der Waals surface area (Å²) in [5.41, 5.74) is -2.43. The largest absolute Gasteiger partial charge is 0.465 e. The van der Waals surface area contributed by atoms with Crippen LogP contribution in [-0.4, -0.2) is 195 Å². The third kappa shape index (κ3) is 21.0. The minimum absolute atomic E-state index is 0.00140. The van der Waals surface area contributed by atoms with E-state index in [0.717, 1.165) is 77.0 Å². The standard InChI is InChI=1S/C16H24O4.C15H20O6.C15H22O4.C14H20O4.C13H18O5.C12H20O4.C11H18O4/c1-5-8(2)14(17)20-16(3,4)13-9-6-10-11(7-9)19-15(18)12(10)13;1-3-7(2)14(17)19-6-11(16)20-12-8-4-9-10(5-8)15(18)21-13(9)12;1-3-9(2)14(17)19-12-5-11-4-10(12)6-15(11)7-13(16)18-8-15;1-3-7(2)13(15)17-6-10-8-4-9-11(5-8)18-14(16)12(9)10;1-4-13(2,3)12(15)18-9-7-5-6-8(16-7)10(9)17-11(6)14;1-6-11(2,3)10(14)16-8-9(13)15-7-12(8,4)5;1-5-7(2)9(12)15-8-10(13)14-6-11(8,3)4/h8-13H,5-7H2,1-4H3;7-10,12-13H,3-6H2,1-2H3;9-12H,3-8H2,1-2H3;7-12H,3-6H2,1-2H3;6-10H,4-5H2,1-3H3;8H,6-7H2,1-5H3;7-8H,5-6H2,1-4H3. The van der Waals surface area contributed by atoms with Crippen molar-refractivity contribution in [3.05, 3.63) is 0 Å². The molecule has 0 aromatic heterocycles. The molecule has 0 N–H and O–H groups in total. The van der Waals surface area contributed by atoms with Gasteiger partial charge in [-0.15, -0.1) is 0 Å². The van der Waals surface area contributed by atoms with E-state index >= 15 is 0 Å². The summed E-state index contributed by atoms with van der Waals surface area (Å²) in [6.45, 7) is 42.7. The average Bonchev–Trinajstić information content (AvgIpc) is 1.56. The van der Waals surface area contributed by atoms with Crippen molar-refractivity contribution >= 4 is 89.5 Å². The molecule has 1 spiro atoms. The molecule has 127 heavy (non-hydrogen) atoms. The molecule has 9 aliphatic heterocycles. The van der Waals surface area contributed by atoms with Crippen LogP contribution in [0.25, 0.3) is 0 Å². The first-order valence-electron chi connectivity index (χ1n) is 47.1. The third-order valence-electron chi connectivity index (χ3n) is 31.6. The molecular weight excluding hydrogens is 1650 g/mol. The van der Waals surface area contributed by atoms with E-state index in [4.69, 9.17) is 75.8 Å². The predicted molar refractivity (Wildman–Crippen MR) is 448 cm³/mol. The van der Waals surface area contributed by atoms with Gasteiger partial charge in [-0.1, -0.05) is 111 Å². The van der Waals surface area contributed by atoms with Crippen LogP contribution in [0.3, 0.4) is 0 Å². The maximum atomic E-state index is 12.1. The molecule has 31 atom stereocenters. The van der Waals surface area contributed by atoms with Crippen LogP contribution in [-0.2, 0) is 148 Å². The van der Waals surface area contributed by atoms with Crippen LogP contribution in [0.5, 0.6) is 0 Å². The minimum Gasteiger partial charge on any atom is -0.465 e. The van der Waals surface area contributed by atoms with E-state index in [-0.39, 0.29) is 197 Å². The van der Waals surface area contributed by atoms with Gasteiger partial charge in [0.05, 0.1) is 89.8 Å². The zero-order valence-corrected chi connectivity index (χ0v) is 78.7. The fraction of sp³-hybridized carbons (Fsp3) is 0.844. The van der Waals surface area contributed by atoms with Crippen molar-refractivity contribution in [1.29, 1.82) is 0 Å². The summed E-state index contributed by atoms with van der Waals surface area (Å²) in [6.07, 6.45) is 12.0. The zero-order chi connectivity index (χ0) is 93.6. The van der Waals surface area contributed by atoms with Crippen molar-refractivity contribution in [2.75, 3.05) is 33.0 Å². The van der Waals surface area contributed by atoms with E-state index in [2.05, 4.69) is 0 Å². The second kappa shape index (κ2) is 39.6. The zero-order valence-electron chi connectivity index (χ0n) is 78.7. The lowest BCUT2D eigenvalue weighted by Gasteiger charge is -2.38. The van der Waals surface area contributed by atoms with Crippen LogP contribution in [0.2, 0.25) is 0 Å². The predicted octanol–water partition coefficient (Wildman–Crippen LogP) is 12.2. The Morgan fingerprint density at radius 2 is 0.921 bits per heavy atom. The number of carbonyl (C=O) groups excluding carboxylic acids is 15. The van der Waals surface area contributed by atoms with E-state index in [9.17, 15) is 71.9 Å². The van der Waals surface area contributed by atoms with Crippen molar-refractivity contribution in [1.82, 2.24) is 0 Å². The molecule has 9 saturated heterocycles. The summed E-state index contributed by atoms with van der Waals surface area (Å²) in [4.78, 5) is 176. The molecule has 31 unspecified atom stereocenters. The van der Waals surface area contributed by atoms with Crippen molar-refractivity contribution in [2.45, 2.75) is 341 Å². The Labute approximate surface area is 747 Å². The molecule has 31 heteroatoms. The topological polar surface area (TPSA) is 404 Å². The maximum absolute atomic E-state index is 12.1. The van der Waals surface area contributed by atoms with Gasteiger partial charge < -0.3 is 75.8 Å². The van der Waals surface area contributed by atoms with E-state index in [1.54, 1.807) is 13.8 Å². The summed E-state index contributed by atoms with van der Waals surface area (Å²) in [5.74, 6) is -1.01. The van der Waals surface area contributed by atoms with Gasteiger partial charge in [-0.2, -0.15) is 0 Å². The number of esters is 15. The summed E-state index contributed by atoms with van der Waals surface area (Å²) >= 11 is 0. The number of rotatable bonds is 25. The van der Waals surface area contributed by atoms with Gasteiger partial charge >= 0.3 is 89.5 Å². The SMILES string of the molecule is CCC(C)(C)C(=O)OC1C(=O)OCC1(C)C.CCC(C)(C)C(=O)OC1C2CC3C(=O)OC1C3O2.CCC(C)C(=O)OC(C)(C)C1C2CC3OC(=O)C1C3C2.CCC(C)C(=O)OC1C(=O)OCC1(C)C.CCC(C)C(=O)OC1CC2CC1CC21COC(=O)C1.CCC(C)C(=O)OCC(=O)OC1C2CC3C(=O)OC1C3C2.CCC(C)C(=O)OCC1C2CC3OC(=O)C1C3C2. The Hall–Kier alpha value is -7.99. The molecular formula is C96H142O31. The summed E-state index contributed by atoms with van der Waals surface area (Å²) in [6, 6.07) is 0. The smallest absolute Gasteiger partial charge is 0.348 e. The number of hydrogen-bond acceptors (Lipinski definition) is 31. The number of fused-ring (bicyclic) bond motifs is 7. The lowest BCUT2D eigenvalue weighted by Crippen LogP contribution is -2.45. The molecule has 17 aliphatic rings. The Kier molecular flexibility index (Phi) is 31.0. The maximum Gasteiger partial charge on any atom is 0.348 e. The highest BCUT2D eigenvalue weighted by Crippen LogP contribution is 2.63. The van der Waals surface area contributed by atoms with Gasteiger partial charge in [-0.25, -0.2) is 14.4 Å². The van der Waals surface area contributed by atoms with Crippen LogP contribution >= 0.6 is 0 Å². The highest BCUT2D eigenvalue weighted by atomic mass is 16.7. The fourth-order valence-electron chi connectivity index (χ4n) is 21.7. The van der Waals surface area contributed by atoms with Gasteiger partial charge in [-0.3, -0.25) is 57.5 Å². The molecule has 0 radical (unpaired) electrons. The quantitative estimate of drug-likeness (QED) is 0.0605. The van der Waals surface area contributed by atoms with E-state index in [1.165, 1.54) is 0 Å². The average molecular weight is 1790 g/mol. The molecule has 8 saturated carbocycles. The summed E-state index contributed by atoms with van der Waals surface area (Å²) in [7, 11) is 0. The van der Waals surface area contributed by atoms with Crippen LogP contribution in [0.15, 0.2) is 0 Å². The molecule has 0 aromatic carbocycles. The van der Waals surface area contributed by atoms with Crippen molar-refractivity contribution in [2.24, 2.45) is 140 Å². The Morgan fingerprint density at radius 1 is 0.425 bits per heavy atom. The monoisotopic (exact) mass is 1790 g/mol. The first kappa shape index (κ1) is 99.6. The minimum atomic E-state index is -0.772. The van der Waals surface area contributed by atoms with Crippen LogP contribution in [0.4, 0.5) is 0 Å². The lowest BCUT2D eigenvalue weighted by atomic mass is 9.71. The number of ether oxygens (including phenoxy) is 16. The third-order valence-corrected chi connectivity index (χ3v) is 31.6. The van der Waals surface area contributed by atoms with Crippen molar-refractivity contribution in [3.8, 4) is 0 Å². The fourth-order valence-corrected chi connectivity index (χ4v) is 21.7.